The van der Waals surface area contributed by atoms with Crippen molar-refractivity contribution in [2.75, 3.05) is 0 Å². The SMILES string of the molecule is CCn1ccc2c(CNC(C)(C)C)cccc21. The molecule has 0 radical (unpaired) electrons. The third-order valence-electron chi connectivity index (χ3n) is 3.05. The van der Waals surface area contributed by atoms with Gasteiger partial charge in [-0.25, -0.2) is 0 Å². The fraction of sp³-hybridized carbons (Fsp3) is 0.467. The lowest BCUT2D eigenvalue weighted by atomic mass is 10.1. The molecule has 1 heterocycles. The molecule has 92 valence electrons. The molecule has 0 saturated carbocycles. The first-order valence-corrected chi connectivity index (χ1v) is 6.33. The minimum absolute atomic E-state index is 0.162. The zero-order valence-electron chi connectivity index (χ0n) is 11.2. The van der Waals surface area contributed by atoms with Crippen molar-refractivity contribution in [2.24, 2.45) is 0 Å². The van der Waals surface area contributed by atoms with Crippen LogP contribution in [0, 0.1) is 0 Å². The Bertz CT molecular complexity index is 503. The fourth-order valence-corrected chi connectivity index (χ4v) is 2.08. The second-order valence-electron chi connectivity index (χ2n) is 5.56. The molecule has 1 N–H and O–H groups in total. The number of aromatic nitrogens is 1. The predicted molar refractivity (Wildman–Crippen MR) is 74.2 cm³/mol. The molecule has 0 atom stereocenters. The minimum atomic E-state index is 0.162. The summed E-state index contributed by atoms with van der Waals surface area (Å²) in [6.45, 7) is 10.7. The maximum Gasteiger partial charge on any atom is 0.0483 e. The molecule has 17 heavy (non-hydrogen) atoms. The molecule has 0 fully saturated rings. The lowest BCUT2D eigenvalue weighted by Crippen LogP contribution is -2.35. The highest BCUT2D eigenvalue weighted by Crippen LogP contribution is 2.20. The molecule has 0 saturated heterocycles. The smallest absolute Gasteiger partial charge is 0.0483 e. The van der Waals surface area contributed by atoms with Crippen molar-refractivity contribution in [1.82, 2.24) is 9.88 Å². The molecule has 2 rings (SSSR count). The zero-order valence-corrected chi connectivity index (χ0v) is 11.2. The molecule has 1 aromatic carbocycles. The van der Waals surface area contributed by atoms with E-state index in [9.17, 15) is 0 Å². The van der Waals surface area contributed by atoms with Crippen LogP contribution in [0.15, 0.2) is 30.5 Å². The van der Waals surface area contributed by atoms with E-state index in [1.165, 1.54) is 16.5 Å². The molecular formula is C15H22N2. The molecule has 0 aliphatic heterocycles. The normalized spacial score (nSPS) is 12.2. The molecule has 1 aromatic heterocycles. The van der Waals surface area contributed by atoms with Gasteiger partial charge in [0.1, 0.15) is 0 Å². The Labute approximate surface area is 104 Å². The molecule has 0 aliphatic carbocycles. The fourth-order valence-electron chi connectivity index (χ4n) is 2.08. The molecular weight excluding hydrogens is 208 g/mol. The van der Waals surface area contributed by atoms with Gasteiger partial charge in [-0.15, -0.1) is 0 Å². The zero-order chi connectivity index (χ0) is 12.5. The van der Waals surface area contributed by atoms with Crippen LogP contribution in [0.3, 0.4) is 0 Å². The van der Waals surface area contributed by atoms with Crippen LogP contribution in [-0.2, 0) is 13.1 Å². The highest BCUT2D eigenvalue weighted by atomic mass is 15.0. The van der Waals surface area contributed by atoms with Crippen molar-refractivity contribution >= 4 is 10.9 Å². The van der Waals surface area contributed by atoms with Gasteiger partial charge in [0, 0.05) is 35.7 Å². The van der Waals surface area contributed by atoms with Crippen molar-refractivity contribution < 1.29 is 0 Å². The Hall–Kier alpha value is -1.28. The van der Waals surface area contributed by atoms with Crippen LogP contribution in [0.5, 0.6) is 0 Å². The van der Waals surface area contributed by atoms with E-state index in [1.807, 2.05) is 0 Å². The number of hydrogen-bond acceptors (Lipinski definition) is 1. The second-order valence-corrected chi connectivity index (χ2v) is 5.56. The Morgan fingerprint density at radius 1 is 1.18 bits per heavy atom. The van der Waals surface area contributed by atoms with Gasteiger partial charge in [0.05, 0.1) is 0 Å². The Kier molecular flexibility index (Phi) is 3.25. The van der Waals surface area contributed by atoms with Crippen LogP contribution in [0.4, 0.5) is 0 Å². The van der Waals surface area contributed by atoms with Gasteiger partial charge in [-0.1, -0.05) is 12.1 Å². The van der Waals surface area contributed by atoms with Gasteiger partial charge in [-0.2, -0.15) is 0 Å². The van der Waals surface area contributed by atoms with Gasteiger partial charge < -0.3 is 9.88 Å². The largest absolute Gasteiger partial charge is 0.348 e. The minimum Gasteiger partial charge on any atom is -0.348 e. The van der Waals surface area contributed by atoms with Crippen molar-refractivity contribution in [3.8, 4) is 0 Å². The van der Waals surface area contributed by atoms with Crippen molar-refractivity contribution in [3.63, 3.8) is 0 Å². The number of benzene rings is 1. The van der Waals surface area contributed by atoms with Crippen molar-refractivity contribution in [1.29, 1.82) is 0 Å². The third-order valence-corrected chi connectivity index (χ3v) is 3.05. The van der Waals surface area contributed by atoms with Crippen LogP contribution in [0.25, 0.3) is 10.9 Å². The molecule has 2 heteroatoms. The number of hydrogen-bond donors (Lipinski definition) is 1. The monoisotopic (exact) mass is 230 g/mol. The Morgan fingerprint density at radius 2 is 1.94 bits per heavy atom. The van der Waals surface area contributed by atoms with E-state index in [-0.39, 0.29) is 5.54 Å². The highest BCUT2D eigenvalue weighted by molar-refractivity contribution is 5.83. The lowest BCUT2D eigenvalue weighted by Gasteiger charge is -2.20. The van der Waals surface area contributed by atoms with Gasteiger partial charge >= 0.3 is 0 Å². The van der Waals surface area contributed by atoms with Crippen molar-refractivity contribution in [2.45, 2.75) is 46.3 Å². The highest BCUT2D eigenvalue weighted by Gasteiger charge is 2.10. The summed E-state index contributed by atoms with van der Waals surface area (Å²) >= 11 is 0. The van der Waals surface area contributed by atoms with Crippen LogP contribution < -0.4 is 5.32 Å². The summed E-state index contributed by atoms with van der Waals surface area (Å²) in [6.07, 6.45) is 2.17. The number of fused-ring (bicyclic) bond motifs is 1. The predicted octanol–water partition coefficient (Wildman–Crippen LogP) is 3.55. The Balaban J connectivity index is 2.32. The van der Waals surface area contributed by atoms with E-state index in [4.69, 9.17) is 0 Å². The van der Waals surface area contributed by atoms with Crippen LogP contribution in [0.1, 0.15) is 33.3 Å². The number of aryl methyl sites for hydroxylation is 1. The van der Waals surface area contributed by atoms with Crippen LogP contribution in [0.2, 0.25) is 0 Å². The van der Waals surface area contributed by atoms with Gasteiger partial charge in [0.15, 0.2) is 0 Å². The van der Waals surface area contributed by atoms with E-state index < -0.39 is 0 Å². The first kappa shape index (κ1) is 12.2. The summed E-state index contributed by atoms with van der Waals surface area (Å²) in [7, 11) is 0. The molecule has 0 amide bonds. The first-order valence-electron chi connectivity index (χ1n) is 6.33. The van der Waals surface area contributed by atoms with Crippen LogP contribution >= 0.6 is 0 Å². The standard InChI is InChI=1S/C15H22N2/c1-5-17-10-9-13-12(7-6-8-14(13)17)11-16-15(2,3)4/h6-10,16H,5,11H2,1-4H3. The molecule has 0 aliphatic rings. The number of nitrogens with one attached hydrogen (secondary N) is 1. The topological polar surface area (TPSA) is 17.0 Å². The summed E-state index contributed by atoms with van der Waals surface area (Å²) in [5.74, 6) is 0. The second kappa shape index (κ2) is 4.53. The molecule has 0 unspecified atom stereocenters. The van der Waals surface area contributed by atoms with Crippen molar-refractivity contribution in [3.05, 3.63) is 36.0 Å². The molecule has 0 bridgehead atoms. The van der Waals surface area contributed by atoms with Gasteiger partial charge in [-0.3, -0.25) is 0 Å². The number of rotatable bonds is 3. The number of nitrogens with zero attached hydrogens (tertiary/aromatic N) is 1. The van der Waals surface area contributed by atoms with E-state index in [1.54, 1.807) is 0 Å². The summed E-state index contributed by atoms with van der Waals surface area (Å²) in [6, 6.07) is 8.77. The van der Waals surface area contributed by atoms with E-state index in [0.717, 1.165) is 13.1 Å². The quantitative estimate of drug-likeness (QED) is 0.853. The summed E-state index contributed by atoms with van der Waals surface area (Å²) < 4.78 is 2.29. The van der Waals surface area contributed by atoms with E-state index in [2.05, 4.69) is 68.0 Å². The summed E-state index contributed by atoms with van der Waals surface area (Å²) in [5.41, 5.74) is 2.88. The average Bonchev–Trinajstić information content (AvgIpc) is 2.68. The summed E-state index contributed by atoms with van der Waals surface area (Å²) in [5, 5.41) is 4.92. The van der Waals surface area contributed by atoms with Gasteiger partial charge in [-0.05, 0) is 45.4 Å². The van der Waals surface area contributed by atoms with Crippen LogP contribution in [-0.4, -0.2) is 10.1 Å². The van der Waals surface area contributed by atoms with E-state index >= 15 is 0 Å². The first-order chi connectivity index (χ1) is 8.01. The maximum absolute atomic E-state index is 3.55. The summed E-state index contributed by atoms with van der Waals surface area (Å²) in [4.78, 5) is 0. The molecule has 2 nitrogen and oxygen atoms in total. The average molecular weight is 230 g/mol. The molecule has 2 aromatic rings. The molecule has 0 spiro atoms. The van der Waals surface area contributed by atoms with Gasteiger partial charge in [0.2, 0.25) is 0 Å². The van der Waals surface area contributed by atoms with E-state index in [0.29, 0.717) is 0 Å². The van der Waals surface area contributed by atoms with Gasteiger partial charge in [0.25, 0.3) is 0 Å². The Morgan fingerprint density at radius 3 is 2.59 bits per heavy atom. The lowest BCUT2D eigenvalue weighted by molar-refractivity contribution is 0.425. The maximum atomic E-state index is 3.55. The third kappa shape index (κ3) is 2.70.